The number of nitrogens with two attached hydrogens (primary N) is 2. The first kappa shape index (κ1) is 28.8. The van der Waals surface area contributed by atoms with Crippen LogP contribution in [0.2, 0.25) is 0 Å². The molecule has 0 bridgehead atoms. The molecule has 7 N–H and O–H groups in total. The minimum atomic E-state index is -1.04. The molecule has 10 heteroatoms. The number of likely N-dealkylation sites (tertiary alicyclic amines) is 1. The van der Waals surface area contributed by atoms with Crippen LogP contribution < -0.4 is 22.1 Å². The van der Waals surface area contributed by atoms with Gasteiger partial charge < -0.3 is 32.1 Å². The monoisotopic (exact) mass is 469 g/mol. The molecule has 1 heterocycles. The number of rotatable bonds is 14. The third kappa shape index (κ3) is 8.92. The molecule has 0 aromatic carbocycles. The highest BCUT2D eigenvalue weighted by Crippen LogP contribution is 2.20. The Kier molecular flexibility index (Phi) is 12.4. The van der Waals surface area contributed by atoms with Crippen LogP contribution in [0.1, 0.15) is 72.6 Å². The number of aliphatic carboxylic acids is 1. The van der Waals surface area contributed by atoms with Crippen molar-refractivity contribution in [2.75, 3.05) is 13.1 Å². The molecule has 0 aromatic rings. The fourth-order valence-corrected chi connectivity index (χ4v) is 3.99. The molecule has 190 valence electrons. The Morgan fingerprint density at radius 2 is 1.70 bits per heavy atom. The van der Waals surface area contributed by atoms with Crippen molar-refractivity contribution >= 4 is 23.7 Å². The highest BCUT2D eigenvalue weighted by molar-refractivity contribution is 5.94. The Labute approximate surface area is 197 Å². The van der Waals surface area contributed by atoms with E-state index in [2.05, 4.69) is 10.6 Å². The van der Waals surface area contributed by atoms with E-state index in [1.807, 2.05) is 27.7 Å². The van der Waals surface area contributed by atoms with Crippen LogP contribution in [-0.4, -0.2) is 71.0 Å². The molecule has 33 heavy (non-hydrogen) atoms. The summed E-state index contributed by atoms with van der Waals surface area (Å²) >= 11 is 0. The van der Waals surface area contributed by atoms with Gasteiger partial charge in [0.1, 0.15) is 18.1 Å². The van der Waals surface area contributed by atoms with E-state index in [1.54, 1.807) is 0 Å². The van der Waals surface area contributed by atoms with Gasteiger partial charge in [0.2, 0.25) is 17.7 Å². The molecular weight excluding hydrogens is 426 g/mol. The second kappa shape index (κ2) is 14.1. The molecular formula is C23H43N5O5. The van der Waals surface area contributed by atoms with Crippen molar-refractivity contribution in [2.24, 2.45) is 23.3 Å². The smallest absolute Gasteiger partial charge is 0.326 e. The molecule has 0 radical (unpaired) electrons. The van der Waals surface area contributed by atoms with Crippen molar-refractivity contribution in [3.8, 4) is 0 Å². The Hall–Kier alpha value is -2.20. The number of hydrogen-bond acceptors (Lipinski definition) is 6. The summed E-state index contributed by atoms with van der Waals surface area (Å²) in [4.78, 5) is 51.9. The van der Waals surface area contributed by atoms with Crippen LogP contribution in [0, 0.1) is 11.8 Å². The van der Waals surface area contributed by atoms with Crippen LogP contribution in [0.5, 0.6) is 0 Å². The van der Waals surface area contributed by atoms with E-state index in [0.29, 0.717) is 51.6 Å². The standard InChI is InChI=1S/C23H43N5O5/c1-5-15(4)19(25)21(30)26-16(9-6-7-11-24)20(29)27-17(13-14(2)3)22(31)28-12-8-10-18(28)23(32)33/h14-19H,5-13,24-25H2,1-4H3,(H,26,30)(H,27,29)(H,32,33). The molecule has 0 aromatic heterocycles. The average Bonchev–Trinajstić information content (AvgIpc) is 3.26. The van der Waals surface area contributed by atoms with E-state index in [9.17, 15) is 24.3 Å². The van der Waals surface area contributed by atoms with Gasteiger partial charge in [0.25, 0.3) is 0 Å². The van der Waals surface area contributed by atoms with Crippen molar-refractivity contribution in [3.63, 3.8) is 0 Å². The van der Waals surface area contributed by atoms with E-state index in [1.165, 1.54) is 4.90 Å². The second-order valence-electron chi connectivity index (χ2n) is 9.48. The highest BCUT2D eigenvalue weighted by Gasteiger charge is 2.38. The zero-order valence-corrected chi connectivity index (χ0v) is 20.5. The van der Waals surface area contributed by atoms with Crippen LogP contribution in [0.4, 0.5) is 0 Å². The predicted octanol–water partition coefficient (Wildman–Crippen LogP) is 0.580. The summed E-state index contributed by atoms with van der Waals surface area (Å²) in [6.45, 7) is 8.48. The lowest BCUT2D eigenvalue weighted by Gasteiger charge is -2.30. The number of unbranched alkanes of at least 4 members (excludes halogenated alkanes) is 1. The zero-order chi connectivity index (χ0) is 25.1. The molecule has 5 atom stereocenters. The van der Waals surface area contributed by atoms with Crippen LogP contribution in [0.25, 0.3) is 0 Å². The first-order valence-corrected chi connectivity index (χ1v) is 12.1. The Morgan fingerprint density at radius 1 is 1.06 bits per heavy atom. The number of amides is 3. The molecule has 1 aliphatic heterocycles. The number of nitrogens with one attached hydrogen (secondary N) is 2. The number of carbonyl (C=O) groups excluding carboxylic acids is 3. The largest absolute Gasteiger partial charge is 0.480 e. The normalized spacial score (nSPS) is 19.6. The van der Waals surface area contributed by atoms with Gasteiger partial charge in [-0.25, -0.2) is 4.79 Å². The molecule has 0 spiro atoms. The number of hydrogen-bond donors (Lipinski definition) is 5. The van der Waals surface area contributed by atoms with E-state index >= 15 is 0 Å². The summed E-state index contributed by atoms with van der Waals surface area (Å²) in [5.41, 5.74) is 11.6. The van der Waals surface area contributed by atoms with E-state index in [4.69, 9.17) is 11.5 Å². The lowest BCUT2D eigenvalue weighted by molar-refractivity contribution is -0.149. The van der Waals surface area contributed by atoms with Crippen LogP contribution in [0.3, 0.4) is 0 Å². The van der Waals surface area contributed by atoms with Gasteiger partial charge in [-0.2, -0.15) is 0 Å². The Bertz CT molecular complexity index is 672. The summed E-state index contributed by atoms with van der Waals surface area (Å²) in [5, 5.41) is 15.0. The molecule has 3 amide bonds. The molecule has 0 aliphatic carbocycles. The fourth-order valence-electron chi connectivity index (χ4n) is 3.99. The average molecular weight is 470 g/mol. The van der Waals surface area contributed by atoms with Gasteiger partial charge in [-0.05, 0) is 56.9 Å². The Balaban J connectivity index is 3.00. The van der Waals surface area contributed by atoms with Crippen LogP contribution in [0.15, 0.2) is 0 Å². The topological polar surface area (TPSA) is 168 Å². The van der Waals surface area contributed by atoms with Gasteiger partial charge in [-0.1, -0.05) is 34.1 Å². The van der Waals surface area contributed by atoms with Crippen LogP contribution >= 0.6 is 0 Å². The lowest BCUT2D eigenvalue weighted by atomic mass is 9.98. The summed E-state index contributed by atoms with van der Waals surface area (Å²) in [7, 11) is 0. The second-order valence-corrected chi connectivity index (χ2v) is 9.48. The summed E-state index contributed by atoms with van der Waals surface area (Å²) in [5.74, 6) is -2.27. The molecule has 5 unspecified atom stereocenters. The van der Waals surface area contributed by atoms with Gasteiger partial charge in [-0.3, -0.25) is 14.4 Å². The molecule has 0 saturated carbocycles. The molecule has 1 rings (SSSR count). The maximum atomic E-state index is 13.2. The highest BCUT2D eigenvalue weighted by atomic mass is 16.4. The number of carboxylic acids is 1. The summed E-state index contributed by atoms with van der Waals surface area (Å²) in [6.07, 6.45) is 3.79. The maximum Gasteiger partial charge on any atom is 0.326 e. The van der Waals surface area contributed by atoms with Gasteiger partial charge >= 0.3 is 5.97 Å². The minimum Gasteiger partial charge on any atom is -0.480 e. The predicted molar refractivity (Wildman–Crippen MR) is 126 cm³/mol. The zero-order valence-electron chi connectivity index (χ0n) is 20.5. The number of carbonyl (C=O) groups is 4. The van der Waals surface area contributed by atoms with Crippen molar-refractivity contribution in [3.05, 3.63) is 0 Å². The third-order valence-electron chi connectivity index (χ3n) is 6.28. The molecule has 10 nitrogen and oxygen atoms in total. The summed E-state index contributed by atoms with van der Waals surface area (Å²) < 4.78 is 0. The quantitative estimate of drug-likeness (QED) is 0.232. The van der Waals surface area contributed by atoms with E-state index < -0.39 is 47.9 Å². The Morgan fingerprint density at radius 3 is 2.24 bits per heavy atom. The van der Waals surface area contributed by atoms with Crippen molar-refractivity contribution in [2.45, 2.75) is 96.8 Å². The molecule has 1 saturated heterocycles. The maximum absolute atomic E-state index is 13.2. The van der Waals surface area contributed by atoms with E-state index in [0.717, 1.165) is 6.42 Å². The number of carboxylic acid groups (broad SMARTS) is 1. The van der Waals surface area contributed by atoms with Gasteiger partial charge in [-0.15, -0.1) is 0 Å². The van der Waals surface area contributed by atoms with Crippen molar-refractivity contribution < 1.29 is 24.3 Å². The van der Waals surface area contributed by atoms with Gasteiger partial charge in [0.05, 0.1) is 6.04 Å². The first-order valence-electron chi connectivity index (χ1n) is 12.1. The van der Waals surface area contributed by atoms with Crippen LogP contribution in [-0.2, 0) is 19.2 Å². The van der Waals surface area contributed by atoms with E-state index in [-0.39, 0.29) is 11.8 Å². The lowest BCUT2D eigenvalue weighted by Crippen LogP contribution is -2.57. The van der Waals surface area contributed by atoms with Gasteiger partial charge in [0, 0.05) is 6.54 Å². The van der Waals surface area contributed by atoms with Gasteiger partial charge in [0.15, 0.2) is 0 Å². The molecule has 1 fully saturated rings. The molecule has 1 aliphatic rings. The minimum absolute atomic E-state index is 0.0452. The van der Waals surface area contributed by atoms with Crippen molar-refractivity contribution in [1.82, 2.24) is 15.5 Å². The number of nitrogens with zero attached hydrogens (tertiary/aromatic N) is 1. The SMILES string of the molecule is CCC(C)C(N)C(=O)NC(CCCCN)C(=O)NC(CC(C)C)C(=O)N1CCCC1C(=O)O. The first-order chi connectivity index (χ1) is 15.5. The van der Waals surface area contributed by atoms with Crippen molar-refractivity contribution in [1.29, 1.82) is 0 Å². The third-order valence-corrected chi connectivity index (χ3v) is 6.28. The summed E-state index contributed by atoms with van der Waals surface area (Å²) in [6, 6.07) is -3.34. The fraction of sp³-hybridized carbons (Fsp3) is 0.826.